The number of aromatic nitrogens is 1. The van der Waals surface area contributed by atoms with E-state index in [-0.39, 0.29) is 35.1 Å². The van der Waals surface area contributed by atoms with Gasteiger partial charge in [0.1, 0.15) is 17.5 Å². The standard InChI is InChI=1S/C18H20N4O3/c1-4-21-17(23)14-9-15(16(22-14)18(24)20-3)25-11(2)13-7-5-12(10-19)6-8-13/h5-9,11,22H,4H2,1-3H3,(H,20,24)(H,21,23)/t11-/m1/s1. The molecule has 0 saturated heterocycles. The van der Waals surface area contributed by atoms with Crippen molar-refractivity contribution in [3.63, 3.8) is 0 Å². The van der Waals surface area contributed by atoms with E-state index in [1.165, 1.54) is 13.1 Å². The molecule has 3 N–H and O–H groups in total. The summed E-state index contributed by atoms with van der Waals surface area (Å²) < 4.78 is 5.88. The molecule has 2 rings (SSSR count). The van der Waals surface area contributed by atoms with Crippen LogP contribution in [0.1, 0.15) is 52.1 Å². The van der Waals surface area contributed by atoms with E-state index in [4.69, 9.17) is 10.00 Å². The van der Waals surface area contributed by atoms with E-state index < -0.39 is 0 Å². The van der Waals surface area contributed by atoms with Crippen LogP contribution in [0.5, 0.6) is 5.75 Å². The lowest BCUT2D eigenvalue weighted by atomic mass is 10.1. The third kappa shape index (κ3) is 4.18. The second-order valence-electron chi connectivity index (χ2n) is 5.35. The molecule has 0 aliphatic rings. The van der Waals surface area contributed by atoms with Crippen LogP contribution in [0.3, 0.4) is 0 Å². The summed E-state index contributed by atoms with van der Waals surface area (Å²) in [4.78, 5) is 26.8. The Hall–Kier alpha value is -3.27. The molecule has 0 saturated carbocycles. The number of H-pyrrole nitrogens is 1. The summed E-state index contributed by atoms with van der Waals surface area (Å²) in [6.45, 7) is 4.11. The van der Waals surface area contributed by atoms with Crippen molar-refractivity contribution >= 4 is 11.8 Å². The fourth-order valence-electron chi connectivity index (χ4n) is 2.29. The zero-order valence-corrected chi connectivity index (χ0v) is 14.3. The highest BCUT2D eigenvalue weighted by Gasteiger charge is 2.21. The Labute approximate surface area is 146 Å². The molecule has 0 spiro atoms. The highest BCUT2D eigenvalue weighted by molar-refractivity contribution is 5.99. The number of aromatic amines is 1. The van der Waals surface area contributed by atoms with Gasteiger partial charge >= 0.3 is 0 Å². The molecule has 0 aliphatic heterocycles. The number of rotatable bonds is 6. The first-order valence-corrected chi connectivity index (χ1v) is 7.90. The predicted molar refractivity (Wildman–Crippen MR) is 92.4 cm³/mol. The monoisotopic (exact) mass is 340 g/mol. The number of hydrogen-bond acceptors (Lipinski definition) is 4. The average molecular weight is 340 g/mol. The van der Waals surface area contributed by atoms with Crippen LogP contribution in [-0.4, -0.2) is 30.4 Å². The number of carbonyl (C=O) groups excluding carboxylic acids is 2. The van der Waals surface area contributed by atoms with Crippen LogP contribution in [-0.2, 0) is 0 Å². The van der Waals surface area contributed by atoms with Crippen molar-refractivity contribution in [1.82, 2.24) is 15.6 Å². The molecule has 0 radical (unpaired) electrons. The lowest BCUT2D eigenvalue weighted by molar-refractivity contribution is 0.0951. The van der Waals surface area contributed by atoms with Crippen LogP contribution < -0.4 is 15.4 Å². The Balaban J connectivity index is 2.28. The van der Waals surface area contributed by atoms with Gasteiger partial charge in [0.2, 0.25) is 0 Å². The van der Waals surface area contributed by atoms with Gasteiger partial charge in [-0.25, -0.2) is 0 Å². The molecular weight excluding hydrogens is 320 g/mol. The van der Waals surface area contributed by atoms with Crippen molar-refractivity contribution in [3.8, 4) is 11.8 Å². The average Bonchev–Trinajstić information content (AvgIpc) is 3.05. The molecule has 25 heavy (non-hydrogen) atoms. The smallest absolute Gasteiger partial charge is 0.271 e. The number of nitrogens with one attached hydrogen (secondary N) is 3. The first-order valence-electron chi connectivity index (χ1n) is 7.90. The normalized spacial score (nSPS) is 11.3. The number of nitriles is 1. The van der Waals surface area contributed by atoms with Crippen LogP contribution in [0.4, 0.5) is 0 Å². The third-order valence-corrected chi connectivity index (χ3v) is 3.63. The Kier molecular flexibility index (Phi) is 5.79. The third-order valence-electron chi connectivity index (χ3n) is 3.63. The zero-order chi connectivity index (χ0) is 18.4. The summed E-state index contributed by atoms with van der Waals surface area (Å²) in [7, 11) is 1.50. The summed E-state index contributed by atoms with van der Waals surface area (Å²) in [6.07, 6.45) is -0.367. The summed E-state index contributed by atoms with van der Waals surface area (Å²) >= 11 is 0. The maximum atomic E-state index is 12.0. The van der Waals surface area contributed by atoms with E-state index >= 15 is 0 Å². The van der Waals surface area contributed by atoms with Gasteiger partial charge in [-0.3, -0.25) is 9.59 Å². The van der Waals surface area contributed by atoms with E-state index in [9.17, 15) is 9.59 Å². The summed E-state index contributed by atoms with van der Waals surface area (Å²) in [6, 6.07) is 10.6. The van der Waals surface area contributed by atoms with Crippen molar-refractivity contribution < 1.29 is 14.3 Å². The quantitative estimate of drug-likeness (QED) is 0.749. The number of hydrogen-bond donors (Lipinski definition) is 3. The molecule has 0 aliphatic carbocycles. The molecule has 2 amide bonds. The number of nitrogens with zero attached hydrogens (tertiary/aromatic N) is 1. The van der Waals surface area contributed by atoms with Crippen LogP contribution in [0, 0.1) is 11.3 Å². The Morgan fingerprint density at radius 2 is 1.96 bits per heavy atom. The molecule has 1 heterocycles. The van der Waals surface area contributed by atoms with Crippen LogP contribution in [0.2, 0.25) is 0 Å². The van der Waals surface area contributed by atoms with E-state index in [2.05, 4.69) is 21.7 Å². The molecular formula is C18H20N4O3. The largest absolute Gasteiger partial charge is 0.484 e. The first kappa shape index (κ1) is 18.1. The van der Waals surface area contributed by atoms with Gasteiger partial charge in [0.25, 0.3) is 11.8 Å². The number of benzene rings is 1. The zero-order valence-electron chi connectivity index (χ0n) is 14.3. The first-order chi connectivity index (χ1) is 12.0. The topological polar surface area (TPSA) is 107 Å². The highest BCUT2D eigenvalue weighted by Crippen LogP contribution is 2.27. The highest BCUT2D eigenvalue weighted by atomic mass is 16.5. The molecule has 7 heteroatoms. The van der Waals surface area contributed by atoms with Crippen LogP contribution in [0.15, 0.2) is 30.3 Å². The fourth-order valence-corrected chi connectivity index (χ4v) is 2.29. The summed E-state index contributed by atoms with van der Waals surface area (Å²) in [5.41, 5.74) is 1.84. The molecule has 1 aromatic heterocycles. The van der Waals surface area contributed by atoms with Gasteiger partial charge in [-0.05, 0) is 31.5 Å². The van der Waals surface area contributed by atoms with Crippen molar-refractivity contribution in [2.24, 2.45) is 0 Å². The van der Waals surface area contributed by atoms with Crippen molar-refractivity contribution in [2.45, 2.75) is 20.0 Å². The molecule has 0 unspecified atom stereocenters. The van der Waals surface area contributed by atoms with Gasteiger partial charge in [-0.15, -0.1) is 0 Å². The molecule has 0 bridgehead atoms. The maximum Gasteiger partial charge on any atom is 0.271 e. The van der Waals surface area contributed by atoms with Gasteiger partial charge in [0.05, 0.1) is 11.6 Å². The van der Waals surface area contributed by atoms with Crippen LogP contribution in [0.25, 0.3) is 0 Å². The minimum atomic E-state index is -0.377. The van der Waals surface area contributed by atoms with Gasteiger partial charge < -0.3 is 20.4 Å². The molecule has 7 nitrogen and oxygen atoms in total. The van der Waals surface area contributed by atoms with E-state index in [0.29, 0.717) is 12.1 Å². The Bertz CT molecular complexity index is 803. The Morgan fingerprint density at radius 1 is 1.28 bits per heavy atom. The van der Waals surface area contributed by atoms with Gasteiger partial charge in [0.15, 0.2) is 5.75 Å². The molecule has 130 valence electrons. The second-order valence-corrected chi connectivity index (χ2v) is 5.35. The number of ether oxygens (including phenoxy) is 1. The van der Waals surface area contributed by atoms with Crippen molar-refractivity contribution in [2.75, 3.05) is 13.6 Å². The van der Waals surface area contributed by atoms with E-state index in [1.807, 2.05) is 13.8 Å². The molecule has 2 aromatic rings. The van der Waals surface area contributed by atoms with Gasteiger partial charge in [-0.2, -0.15) is 5.26 Å². The van der Waals surface area contributed by atoms with E-state index in [1.54, 1.807) is 24.3 Å². The molecule has 1 aromatic carbocycles. The SMILES string of the molecule is CCNC(=O)c1cc(O[C@H](C)c2ccc(C#N)cc2)c(C(=O)NC)[nH]1. The number of amides is 2. The van der Waals surface area contributed by atoms with Crippen LogP contribution >= 0.6 is 0 Å². The lowest BCUT2D eigenvalue weighted by Crippen LogP contribution is -2.23. The van der Waals surface area contributed by atoms with Gasteiger partial charge in [0, 0.05) is 19.7 Å². The predicted octanol–water partition coefficient (Wildman–Crippen LogP) is 2.14. The van der Waals surface area contributed by atoms with E-state index in [0.717, 1.165) is 5.56 Å². The molecule has 0 fully saturated rings. The molecule has 1 atom stereocenters. The lowest BCUT2D eigenvalue weighted by Gasteiger charge is -2.15. The second kappa shape index (κ2) is 8.02. The summed E-state index contributed by atoms with van der Waals surface area (Å²) in [5, 5.41) is 14.0. The minimum absolute atomic E-state index is 0.184. The fraction of sp³-hybridized carbons (Fsp3) is 0.278. The Morgan fingerprint density at radius 3 is 2.52 bits per heavy atom. The maximum absolute atomic E-state index is 12.0. The number of carbonyl (C=O) groups is 2. The van der Waals surface area contributed by atoms with Crippen molar-refractivity contribution in [3.05, 3.63) is 52.8 Å². The van der Waals surface area contributed by atoms with Gasteiger partial charge in [-0.1, -0.05) is 12.1 Å². The van der Waals surface area contributed by atoms with Crippen molar-refractivity contribution in [1.29, 1.82) is 5.26 Å². The summed E-state index contributed by atoms with van der Waals surface area (Å²) in [5.74, 6) is -0.399. The minimum Gasteiger partial charge on any atom is -0.484 e.